The van der Waals surface area contributed by atoms with Gasteiger partial charge in [0.1, 0.15) is 11.5 Å². The molecule has 2 aromatic rings. The lowest BCUT2D eigenvalue weighted by molar-refractivity contribution is 0.0629. The molecule has 164 valence electrons. The summed E-state index contributed by atoms with van der Waals surface area (Å²) in [6.07, 6.45) is 4.12. The van der Waals surface area contributed by atoms with Gasteiger partial charge in [0.05, 0.1) is 19.3 Å². The molecular formula is C25H30N2O4. The second-order valence-electron chi connectivity index (χ2n) is 8.30. The average molecular weight is 423 g/mol. The van der Waals surface area contributed by atoms with Gasteiger partial charge in [0.25, 0.3) is 11.8 Å². The number of likely N-dealkylation sites (tertiary alicyclic amines) is 2. The van der Waals surface area contributed by atoms with Crippen LogP contribution in [0.15, 0.2) is 48.5 Å². The average Bonchev–Trinajstić information content (AvgIpc) is 3.37. The van der Waals surface area contributed by atoms with Gasteiger partial charge in [0, 0.05) is 37.7 Å². The second kappa shape index (κ2) is 9.86. The minimum absolute atomic E-state index is 0.000331. The Morgan fingerprint density at radius 1 is 0.935 bits per heavy atom. The van der Waals surface area contributed by atoms with Crippen LogP contribution in [0.2, 0.25) is 0 Å². The molecule has 2 saturated heterocycles. The van der Waals surface area contributed by atoms with Gasteiger partial charge in [-0.3, -0.25) is 9.59 Å². The van der Waals surface area contributed by atoms with Gasteiger partial charge in [-0.25, -0.2) is 0 Å². The first-order chi connectivity index (χ1) is 15.2. The molecule has 0 bridgehead atoms. The highest BCUT2D eigenvalue weighted by Crippen LogP contribution is 2.25. The topological polar surface area (TPSA) is 59.1 Å². The Morgan fingerprint density at radius 3 is 2.52 bits per heavy atom. The Morgan fingerprint density at radius 2 is 1.71 bits per heavy atom. The van der Waals surface area contributed by atoms with Crippen molar-refractivity contribution in [1.29, 1.82) is 0 Å². The molecule has 0 radical (unpaired) electrons. The number of nitrogens with zero attached hydrogens (tertiary/aromatic N) is 2. The largest absolute Gasteiger partial charge is 0.496 e. The van der Waals surface area contributed by atoms with Crippen molar-refractivity contribution >= 4 is 11.8 Å². The lowest BCUT2D eigenvalue weighted by atomic mass is 9.98. The third-order valence-corrected chi connectivity index (χ3v) is 6.10. The molecule has 6 heteroatoms. The Labute approximate surface area is 183 Å². The van der Waals surface area contributed by atoms with Crippen LogP contribution in [0.5, 0.6) is 11.5 Å². The molecule has 1 atom stereocenters. The van der Waals surface area contributed by atoms with Gasteiger partial charge in [0.15, 0.2) is 0 Å². The maximum absolute atomic E-state index is 13.0. The number of amides is 2. The van der Waals surface area contributed by atoms with E-state index in [0.29, 0.717) is 35.8 Å². The number of para-hydroxylation sites is 1. The molecule has 2 aliphatic heterocycles. The zero-order valence-corrected chi connectivity index (χ0v) is 18.1. The maximum Gasteiger partial charge on any atom is 0.257 e. The van der Waals surface area contributed by atoms with Crippen LogP contribution in [-0.2, 0) is 0 Å². The molecule has 0 saturated carbocycles. The Hall–Kier alpha value is -3.02. The number of carbonyl (C=O) groups is 2. The van der Waals surface area contributed by atoms with Crippen LogP contribution in [0.1, 0.15) is 46.4 Å². The van der Waals surface area contributed by atoms with Crippen molar-refractivity contribution in [3.63, 3.8) is 0 Å². The van der Waals surface area contributed by atoms with Gasteiger partial charge in [-0.1, -0.05) is 18.2 Å². The van der Waals surface area contributed by atoms with E-state index in [9.17, 15) is 9.59 Å². The molecule has 0 aromatic heterocycles. The van der Waals surface area contributed by atoms with Crippen molar-refractivity contribution in [2.24, 2.45) is 5.92 Å². The van der Waals surface area contributed by atoms with Gasteiger partial charge in [0.2, 0.25) is 0 Å². The smallest absolute Gasteiger partial charge is 0.257 e. The summed E-state index contributed by atoms with van der Waals surface area (Å²) in [5, 5.41) is 0. The predicted molar refractivity (Wildman–Crippen MR) is 119 cm³/mol. The highest BCUT2D eigenvalue weighted by atomic mass is 16.5. The van der Waals surface area contributed by atoms with E-state index in [4.69, 9.17) is 9.47 Å². The quantitative estimate of drug-likeness (QED) is 0.709. The van der Waals surface area contributed by atoms with E-state index in [1.165, 1.54) is 0 Å². The predicted octanol–water partition coefficient (Wildman–Crippen LogP) is 3.86. The van der Waals surface area contributed by atoms with Crippen LogP contribution in [0.3, 0.4) is 0 Å². The van der Waals surface area contributed by atoms with Gasteiger partial charge < -0.3 is 19.3 Å². The van der Waals surface area contributed by atoms with Crippen molar-refractivity contribution in [3.05, 3.63) is 59.7 Å². The summed E-state index contributed by atoms with van der Waals surface area (Å²) in [5.74, 6) is 1.64. The van der Waals surface area contributed by atoms with Crippen LogP contribution < -0.4 is 9.47 Å². The summed E-state index contributed by atoms with van der Waals surface area (Å²) in [6, 6.07) is 14.8. The van der Waals surface area contributed by atoms with E-state index in [1.807, 2.05) is 58.3 Å². The van der Waals surface area contributed by atoms with Crippen molar-refractivity contribution < 1.29 is 19.1 Å². The van der Waals surface area contributed by atoms with Gasteiger partial charge in [-0.05, 0) is 56.0 Å². The summed E-state index contributed by atoms with van der Waals surface area (Å²) in [5.41, 5.74) is 1.27. The molecule has 4 rings (SSSR count). The number of benzene rings is 2. The van der Waals surface area contributed by atoms with Gasteiger partial charge in [-0.2, -0.15) is 0 Å². The molecule has 0 spiro atoms. The molecule has 0 unspecified atom stereocenters. The number of ether oxygens (including phenoxy) is 2. The SMILES string of the molecule is COc1ccccc1C(=O)N1CCC[C@@H](COc2cccc(C(=O)N3CCCC3)c2)C1. The normalized spacial score (nSPS) is 18.7. The molecule has 2 amide bonds. The number of hydrogen-bond donors (Lipinski definition) is 0. The molecular weight excluding hydrogens is 392 g/mol. The monoisotopic (exact) mass is 422 g/mol. The molecule has 0 N–H and O–H groups in total. The fraction of sp³-hybridized carbons (Fsp3) is 0.440. The van der Waals surface area contributed by atoms with E-state index in [-0.39, 0.29) is 17.7 Å². The highest BCUT2D eigenvalue weighted by Gasteiger charge is 2.27. The van der Waals surface area contributed by atoms with E-state index in [2.05, 4.69) is 0 Å². The first-order valence-electron chi connectivity index (χ1n) is 11.1. The van der Waals surface area contributed by atoms with E-state index >= 15 is 0 Å². The minimum Gasteiger partial charge on any atom is -0.496 e. The van der Waals surface area contributed by atoms with Crippen LogP contribution in [0, 0.1) is 5.92 Å². The zero-order valence-electron chi connectivity index (χ0n) is 18.1. The number of carbonyl (C=O) groups excluding carboxylic acids is 2. The van der Waals surface area contributed by atoms with Crippen LogP contribution in [0.4, 0.5) is 0 Å². The Bertz CT molecular complexity index is 923. The maximum atomic E-state index is 13.0. The van der Waals surface area contributed by atoms with Crippen LogP contribution in [-0.4, -0.2) is 61.5 Å². The molecule has 2 heterocycles. The lowest BCUT2D eigenvalue weighted by Crippen LogP contribution is -2.41. The number of methoxy groups -OCH3 is 1. The standard InChI is InChI=1S/C25H30N2O4/c1-30-23-12-3-2-11-22(23)25(29)27-15-7-8-19(17-27)18-31-21-10-6-9-20(16-21)24(28)26-13-4-5-14-26/h2-3,6,9-12,16,19H,4-5,7-8,13-15,17-18H2,1H3/t19-/m1/s1. The minimum atomic E-state index is 0.000331. The summed E-state index contributed by atoms with van der Waals surface area (Å²) >= 11 is 0. The first kappa shape index (κ1) is 21.2. The number of piperidine rings is 1. The molecule has 6 nitrogen and oxygen atoms in total. The summed E-state index contributed by atoms with van der Waals surface area (Å²) in [6.45, 7) is 3.59. The summed E-state index contributed by atoms with van der Waals surface area (Å²) in [7, 11) is 1.58. The number of rotatable bonds is 6. The van der Waals surface area contributed by atoms with E-state index in [0.717, 1.165) is 45.3 Å². The van der Waals surface area contributed by atoms with Crippen molar-refractivity contribution in [1.82, 2.24) is 9.80 Å². The van der Waals surface area contributed by atoms with Crippen LogP contribution in [0.25, 0.3) is 0 Å². The molecule has 2 aliphatic rings. The molecule has 2 fully saturated rings. The second-order valence-corrected chi connectivity index (χ2v) is 8.30. The first-order valence-corrected chi connectivity index (χ1v) is 11.1. The highest BCUT2D eigenvalue weighted by molar-refractivity contribution is 5.97. The van der Waals surface area contributed by atoms with Crippen molar-refractivity contribution in [2.45, 2.75) is 25.7 Å². The molecule has 0 aliphatic carbocycles. The third kappa shape index (κ3) is 5.01. The zero-order chi connectivity index (χ0) is 21.6. The summed E-state index contributed by atoms with van der Waals surface area (Å²) in [4.78, 5) is 29.4. The lowest BCUT2D eigenvalue weighted by Gasteiger charge is -2.33. The Kier molecular flexibility index (Phi) is 6.75. The fourth-order valence-electron chi connectivity index (χ4n) is 4.41. The van der Waals surface area contributed by atoms with Crippen molar-refractivity contribution in [3.8, 4) is 11.5 Å². The summed E-state index contributed by atoms with van der Waals surface area (Å²) < 4.78 is 11.4. The number of hydrogen-bond acceptors (Lipinski definition) is 4. The van der Waals surface area contributed by atoms with Crippen LogP contribution >= 0.6 is 0 Å². The van der Waals surface area contributed by atoms with Crippen molar-refractivity contribution in [2.75, 3.05) is 39.9 Å². The molecule has 2 aromatic carbocycles. The fourth-order valence-corrected chi connectivity index (χ4v) is 4.41. The molecule has 31 heavy (non-hydrogen) atoms. The van der Waals surface area contributed by atoms with Gasteiger partial charge >= 0.3 is 0 Å². The van der Waals surface area contributed by atoms with E-state index < -0.39 is 0 Å². The third-order valence-electron chi connectivity index (χ3n) is 6.10. The van der Waals surface area contributed by atoms with Gasteiger partial charge in [-0.15, -0.1) is 0 Å². The van der Waals surface area contributed by atoms with E-state index in [1.54, 1.807) is 7.11 Å². The Balaban J connectivity index is 1.35.